The molecule has 1 aromatic rings. The van der Waals surface area contributed by atoms with Crippen LogP contribution in [0.25, 0.3) is 0 Å². The van der Waals surface area contributed by atoms with Gasteiger partial charge >= 0.3 is 0 Å². The first kappa shape index (κ1) is 14.6. The lowest BCUT2D eigenvalue weighted by molar-refractivity contribution is -0.384. The molecule has 1 aromatic carbocycles. The molecule has 18 heavy (non-hydrogen) atoms. The first-order valence-corrected chi connectivity index (χ1v) is 6.46. The van der Waals surface area contributed by atoms with Crippen LogP contribution in [-0.4, -0.2) is 11.0 Å². The number of nitro groups is 1. The van der Waals surface area contributed by atoms with Gasteiger partial charge in [-0.3, -0.25) is 10.1 Å². The predicted octanol–water partition coefficient (Wildman–Crippen LogP) is 3.68. The average Bonchev–Trinajstić information content (AvgIpc) is 2.37. The second-order valence-electron chi connectivity index (χ2n) is 4.91. The summed E-state index contributed by atoms with van der Waals surface area (Å²) in [5, 5.41) is 14.2. The Morgan fingerprint density at radius 1 is 1.33 bits per heavy atom. The third kappa shape index (κ3) is 3.81. The van der Waals surface area contributed by atoms with Crippen molar-refractivity contribution in [3.8, 4) is 0 Å². The van der Waals surface area contributed by atoms with E-state index in [9.17, 15) is 10.1 Å². The van der Waals surface area contributed by atoms with Crippen LogP contribution in [0.15, 0.2) is 24.3 Å². The number of rotatable bonds is 6. The van der Waals surface area contributed by atoms with Crippen LogP contribution in [0, 0.1) is 16.0 Å². The summed E-state index contributed by atoms with van der Waals surface area (Å²) in [5.41, 5.74) is 1.11. The Hall–Kier alpha value is -1.42. The summed E-state index contributed by atoms with van der Waals surface area (Å²) < 4.78 is 0. The highest BCUT2D eigenvalue weighted by Crippen LogP contribution is 2.20. The summed E-state index contributed by atoms with van der Waals surface area (Å²) in [6, 6.07) is 7.33. The molecule has 0 fully saturated rings. The first-order valence-electron chi connectivity index (χ1n) is 6.46. The number of nitrogens with zero attached hydrogens (tertiary/aromatic N) is 1. The summed E-state index contributed by atoms with van der Waals surface area (Å²) in [4.78, 5) is 10.4. The molecule has 1 rings (SSSR count). The number of nitrogens with one attached hydrogen (secondary N) is 1. The van der Waals surface area contributed by atoms with Gasteiger partial charge in [-0.1, -0.05) is 32.4 Å². The van der Waals surface area contributed by atoms with E-state index in [1.54, 1.807) is 12.1 Å². The topological polar surface area (TPSA) is 55.2 Å². The van der Waals surface area contributed by atoms with E-state index in [0.717, 1.165) is 12.0 Å². The molecule has 0 aliphatic heterocycles. The van der Waals surface area contributed by atoms with Crippen molar-refractivity contribution in [2.45, 2.75) is 46.2 Å². The van der Waals surface area contributed by atoms with Crippen molar-refractivity contribution in [2.75, 3.05) is 0 Å². The molecule has 0 spiro atoms. The second kappa shape index (κ2) is 6.50. The minimum atomic E-state index is -0.353. The normalized spacial score (nSPS) is 16.0. The zero-order valence-electron chi connectivity index (χ0n) is 11.5. The van der Waals surface area contributed by atoms with Crippen LogP contribution in [0.3, 0.4) is 0 Å². The van der Waals surface area contributed by atoms with Crippen molar-refractivity contribution in [3.63, 3.8) is 0 Å². The van der Waals surface area contributed by atoms with Gasteiger partial charge in [0, 0.05) is 24.2 Å². The number of nitro benzene ring substituents is 1. The number of hydrogen-bond acceptors (Lipinski definition) is 3. The highest BCUT2D eigenvalue weighted by Gasteiger charge is 2.15. The summed E-state index contributed by atoms with van der Waals surface area (Å²) in [6.45, 7) is 8.57. The van der Waals surface area contributed by atoms with Crippen LogP contribution in [0.2, 0.25) is 0 Å². The molecule has 4 nitrogen and oxygen atoms in total. The van der Waals surface area contributed by atoms with Crippen molar-refractivity contribution in [2.24, 2.45) is 5.92 Å². The fourth-order valence-corrected chi connectivity index (χ4v) is 1.92. The van der Waals surface area contributed by atoms with Gasteiger partial charge in [0.2, 0.25) is 0 Å². The molecule has 0 radical (unpaired) electrons. The molecule has 3 unspecified atom stereocenters. The average molecular weight is 250 g/mol. The zero-order valence-corrected chi connectivity index (χ0v) is 11.5. The maximum Gasteiger partial charge on any atom is 0.269 e. The van der Waals surface area contributed by atoms with Crippen LogP contribution >= 0.6 is 0 Å². The Labute approximate surface area is 109 Å². The van der Waals surface area contributed by atoms with Crippen LogP contribution in [0.4, 0.5) is 5.69 Å². The van der Waals surface area contributed by atoms with Crippen LogP contribution in [0.1, 0.15) is 45.7 Å². The van der Waals surface area contributed by atoms with Gasteiger partial charge in [0.25, 0.3) is 5.69 Å². The molecule has 0 saturated heterocycles. The number of benzene rings is 1. The molecule has 1 N–H and O–H groups in total. The Kier molecular flexibility index (Phi) is 5.28. The SMILES string of the molecule is CCC(C)C(C)NC(C)c1cccc([N+](=O)[O-])c1. The fourth-order valence-electron chi connectivity index (χ4n) is 1.92. The first-order chi connectivity index (χ1) is 8.45. The third-order valence-corrected chi connectivity index (χ3v) is 3.59. The van der Waals surface area contributed by atoms with Gasteiger partial charge < -0.3 is 5.32 Å². The van der Waals surface area contributed by atoms with E-state index < -0.39 is 0 Å². The van der Waals surface area contributed by atoms with Gasteiger partial charge in [-0.2, -0.15) is 0 Å². The predicted molar refractivity (Wildman–Crippen MR) is 73.6 cm³/mol. The lowest BCUT2D eigenvalue weighted by Crippen LogP contribution is -2.33. The Balaban J connectivity index is 2.75. The number of non-ortho nitro benzene ring substituents is 1. The molecule has 4 heteroatoms. The quantitative estimate of drug-likeness (QED) is 0.619. The zero-order chi connectivity index (χ0) is 13.7. The molecule has 100 valence electrons. The monoisotopic (exact) mass is 250 g/mol. The highest BCUT2D eigenvalue weighted by molar-refractivity contribution is 5.35. The lowest BCUT2D eigenvalue weighted by atomic mass is 9.98. The minimum Gasteiger partial charge on any atom is -0.307 e. The van der Waals surface area contributed by atoms with Crippen LogP contribution < -0.4 is 5.32 Å². The highest BCUT2D eigenvalue weighted by atomic mass is 16.6. The smallest absolute Gasteiger partial charge is 0.269 e. The van der Waals surface area contributed by atoms with E-state index in [2.05, 4.69) is 26.1 Å². The Morgan fingerprint density at radius 3 is 2.56 bits per heavy atom. The summed E-state index contributed by atoms with van der Waals surface area (Å²) in [6.07, 6.45) is 1.12. The van der Waals surface area contributed by atoms with Gasteiger partial charge in [0.1, 0.15) is 0 Å². The molecular formula is C14H22N2O2. The molecule has 0 aliphatic carbocycles. The van der Waals surface area contributed by atoms with Crippen LogP contribution in [-0.2, 0) is 0 Å². The van der Waals surface area contributed by atoms with Crippen molar-refractivity contribution in [3.05, 3.63) is 39.9 Å². The fraction of sp³-hybridized carbons (Fsp3) is 0.571. The lowest BCUT2D eigenvalue weighted by Gasteiger charge is -2.24. The van der Waals surface area contributed by atoms with E-state index in [1.807, 2.05) is 13.0 Å². The van der Waals surface area contributed by atoms with Gasteiger partial charge in [0.15, 0.2) is 0 Å². The van der Waals surface area contributed by atoms with E-state index in [1.165, 1.54) is 6.07 Å². The third-order valence-electron chi connectivity index (χ3n) is 3.59. The largest absolute Gasteiger partial charge is 0.307 e. The summed E-state index contributed by atoms with van der Waals surface area (Å²) in [5.74, 6) is 0.589. The van der Waals surface area contributed by atoms with E-state index in [-0.39, 0.29) is 16.7 Å². The van der Waals surface area contributed by atoms with Crippen molar-refractivity contribution in [1.29, 1.82) is 0 Å². The van der Waals surface area contributed by atoms with Crippen molar-refractivity contribution < 1.29 is 4.92 Å². The Morgan fingerprint density at radius 2 is 2.00 bits per heavy atom. The van der Waals surface area contributed by atoms with Crippen LogP contribution in [0.5, 0.6) is 0 Å². The van der Waals surface area contributed by atoms with Gasteiger partial charge in [0.05, 0.1) is 4.92 Å². The van der Waals surface area contributed by atoms with E-state index in [0.29, 0.717) is 12.0 Å². The second-order valence-corrected chi connectivity index (χ2v) is 4.91. The molecular weight excluding hydrogens is 228 g/mol. The van der Waals surface area contributed by atoms with Crippen molar-refractivity contribution in [1.82, 2.24) is 5.32 Å². The molecule has 0 aromatic heterocycles. The standard InChI is InChI=1S/C14H22N2O2/c1-5-10(2)11(3)15-12(4)13-7-6-8-14(9-13)16(17)18/h6-12,15H,5H2,1-4H3. The summed E-state index contributed by atoms with van der Waals surface area (Å²) in [7, 11) is 0. The van der Waals surface area contributed by atoms with Gasteiger partial charge in [-0.25, -0.2) is 0 Å². The maximum atomic E-state index is 10.7. The molecule has 3 atom stereocenters. The molecule has 0 aliphatic rings. The van der Waals surface area contributed by atoms with E-state index >= 15 is 0 Å². The number of hydrogen-bond donors (Lipinski definition) is 1. The minimum absolute atomic E-state index is 0.119. The molecule has 0 heterocycles. The summed E-state index contributed by atoms with van der Waals surface area (Å²) >= 11 is 0. The van der Waals surface area contributed by atoms with Gasteiger partial charge in [-0.15, -0.1) is 0 Å². The molecule has 0 saturated carbocycles. The Bertz CT molecular complexity index is 407. The molecule has 0 amide bonds. The molecule has 0 bridgehead atoms. The van der Waals surface area contributed by atoms with E-state index in [4.69, 9.17) is 0 Å². The maximum absolute atomic E-state index is 10.7. The van der Waals surface area contributed by atoms with Crippen molar-refractivity contribution >= 4 is 5.69 Å². The van der Waals surface area contributed by atoms with Gasteiger partial charge in [-0.05, 0) is 25.3 Å².